The molecule has 0 heterocycles. The van der Waals surface area contributed by atoms with Gasteiger partial charge in [0.1, 0.15) is 0 Å². The Morgan fingerprint density at radius 1 is 1.17 bits per heavy atom. The zero-order valence-corrected chi connectivity index (χ0v) is 19.7. The molecular weight excluding hydrogens is 381 g/mol. The van der Waals surface area contributed by atoms with Gasteiger partial charge in [0.15, 0.2) is 0 Å². The molecule has 2 unspecified atom stereocenters. The first-order valence-electron chi connectivity index (χ1n) is 11.4. The molecule has 0 spiro atoms. The highest BCUT2D eigenvalue weighted by Gasteiger charge is 2.58. The fourth-order valence-electron chi connectivity index (χ4n) is 7.11. The molecule has 29 heavy (non-hydrogen) atoms. The van der Waals surface area contributed by atoms with Crippen LogP contribution in [0.4, 0.5) is 0 Å². The summed E-state index contributed by atoms with van der Waals surface area (Å²) >= 11 is 0. The SMILES string of the molecule is CC(C)(C)C(=O)NC1CC[C@H]2[C@@H]3CC=C4C=C([PH](=O)O)CC[C@]4(C)[C@@H]3CC[C@]12C. The van der Waals surface area contributed by atoms with Gasteiger partial charge in [-0.2, -0.15) is 0 Å². The zero-order chi connectivity index (χ0) is 21.2. The van der Waals surface area contributed by atoms with Crippen LogP contribution in [0, 0.1) is 34.0 Å². The fourth-order valence-corrected chi connectivity index (χ4v) is 7.72. The van der Waals surface area contributed by atoms with Gasteiger partial charge in [0.2, 0.25) is 13.9 Å². The van der Waals surface area contributed by atoms with Gasteiger partial charge in [-0.1, -0.05) is 46.8 Å². The lowest BCUT2D eigenvalue weighted by Crippen LogP contribution is -2.54. The molecule has 5 heteroatoms. The van der Waals surface area contributed by atoms with Crippen molar-refractivity contribution < 1.29 is 14.3 Å². The normalized spacial score (nSPS) is 42.7. The Kier molecular flexibility index (Phi) is 5.23. The minimum absolute atomic E-state index is 0.137. The number of hydrogen-bond acceptors (Lipinski definition) is 2. The standard InChI is InChI=1S/C24H38NO3P/c1-22(2,3)21(26)25-20-9-8-18-17-7-6-15-14-16(29(27)28)10-12-23(15,4)19(17)11-13-24(18,20)5/h6,14,17-20,29H,7-13H2,1-5H3,(H,25,26)(H,27,28)/t17-,18-,19+,20?,23-,24-/m0/s1. The van der Waals surface area contributed by atoms with E-state index < -0.39 is 8.03 Å². The maximum atomic E-state index is 12.7. The van der Waals surface area contributed by atoms with Crippen molar-refractivity contribution in [1.82, 2.24) is 5.32 Å². The highest BCUT2D eigenvalue weighted by molar-refractivity contribution is 7.43. The van der Waals surface area contributed by atoms with Gasteiger partial charge < -0.3 is 10.2 Å². The molecule has 0 aromatic heterocycles. The first kappa shape index (κ1) is 21.4. The summed E-state index contributed by atoms with van der Waals surface area (Å²) in [5, 5.41) is 4.17. The predicted octanol–water partition coefficient (Wildman–Crippen LogP) is 5.44. The number of carbonyl (C=O) groups excluding carboxylic acids is 1. The van der Waals surface area contributed by atoms with E-state index in [1.807, 2.05) is 20.8 Å². The summed E-state index contributed by atoms with van der Waals surface area (Å²) in [7, 11) is -2.56. The third-order valence-electron chi connectivity index (χ3n) is 9.03. The predicted molar refractivity (Wildman–Crippen MR) is 118 cm³/mol. The lowest BCUT2D eigenvalue weighted by Gasteiger charge is -2.57. The van der Waals surface area contributed by atoms with E-state index in [2.05, 4.69) is 31.3 Å². The van der Waals surface area contributed by atoms with Crippen LogP contribution in [0.2, 0.25) is 0 Å². The van der Waals surface area contributed by atoms with Gasteiger partial charge in [0.25, 0.3) is 0 Å². The zero-order valence-electron chi connectivity index (χ0n) is 18.7. The number of nitrogens with one attached hydrogen (secondary N) is 1. The fraction of sp³-hybridized carbons (Fsp3) is 0.792. The number of rotatable bonds is 2. The first-order valence-corrected chi connectivity index (χ1v) is 12.8. The molecule has 0 bridgehead atoms. The summed E-state index contributed by atoms with van der Waals surface area (Å²) in [6.07, 6.45) is 11.9. The average Bonchev–Trinajstić information content (AvgIpc) is 2.96. The summed E-state index contributed by atoms with van der Waals surface area (Å²) in [4.78, 5) is 22.3. The highest BCUT2D eigenvalue weighted by atomic mass is 31.1. The molecule has 0 saturated heterocycles. The van der Waals surface area contributed by atoms with Crippen LogP contribution in [0.3, 0.4) is 0 Å². The summed E-state index contributed by atoms with van der Waals surface area (Å²) < 4.78 is 11.7. The molecule has 0 aromatic rings. The van der Waals surface area contributed by atoms with E-state index in [-0.39, 0.29) is 28.2 Å². The van der Waals surface area contributed by atoms with Gasteiger partial charge >= 0.3 is 0 Å². The molecule has 7 atom stereocenters. The van der Waals surface area contributed by atoms with Crippen LogP contribution in [0.5, 0.6) is 0 Å². The van der Waals surface area contributed by atoms with Crippen LogP contribution >= 0.6 is 8.03 Å². The van der Waals surface area contributed by atoms with Crippen molar-refractivity contribution in [1.29, 1.82) is 0 Å². The van der Waals surface area contributed by atoms with E-state index >= 15 is 0 Å². The topological polar surface area (TPSA) is 66.4 Å². The Labute approximate surface area is 176 Å². The van der Waals surface area contributed by atoms with E-state index in [0.717, 1.165) is 31.0 Å². The van der Waals surface area contributed by atoms with Crippen molar-refractivity contribution in [2.75, 3.05) is 0 Å². The Hall–Kier alpha value is -0.860. The maximum absolute atomic E-state index is 12.7. The van der Waals surface area contributed by atoms with Gasteiger partial charge in [-0.25, -0.2) is 0 Å². The van der Waals surface area contributed by atoms with Gasteiger partial charge in [0, 0.05) is 16.8 Å². The third kappa shape index (κ3) is 3.39. The van der Waals surface area contributed by atoms with Gasteiger partial charge in [0.05, 0.1) is 0 Å². The van der Waals surface area contributed by atoms with Crippen LogP contribution in [0.15, 0.2) is 23.0 Å². The Balaban J connectivity index is 1.58. The summed E-state index contributed by atoms with van der Waals surface area (Å²) in [6, 6.07) is 0.288. The molecule has 2 saturated carbocycles. The molecule has 4 aliphatic rings. The number of carbonyl (C=O) groups is 1. The van der Waals surface area contributed by atoms with E-state index in [1.54, 1.807) is 0 Å². The molecule has 0 aliphatic heterocycles. The number of fused-ring (bicyclic) bond motifs is 5. The number of amides is 1. The molecule has 1 amide bonds. The van der Waals surface area contributed by atoms with Crippen molar-refractivity contribution in [3.8, 4) is 0 Å². The van der Waals surface area contributed by atoms with Gasteiger partial charge in [-0.05, 0) is 79.1 Å². The second-order valence-electron chi connectivity index (χ2n) is 11.6. The van der Waals surface area contributed by atoms with E-state index in [1.165, 1.54) is 24.8 Å². The summed E-state index contributed by atoms with van der Waals surface area (Å²) in [5.41, 5.74) is 1.29. The van der Waals surface area contributed by atoms with Crippen molar-refractivity contribution in [2.45, 2.75) is 85.6 Å². The van der Waals surface area contributed by atoms with Gasteiger partial charge in [-0.15, -0.1) is 0 Å². The monoisotopic (exact) mass is 419 g/mol. The van der Waals surface area contributed by atoms with Crippen LogP contribution in [0.1, 0.15) is 79.6 Å². The Morgan fingerprint density at radius 3 is 2.55 bits per heavy atom. The van der Waals surface area contributed by atoms with E-state index in [0.29, 0.717) is 17.8 Å². The van der Waals surface area contributed by atoms with E-state index in [9.17, 15) is 14.3 Å². The van der Waals surface area contributed by atoms with Crippen LogP contribution in [-0.4, -0.2) is 16.8 Å². The molecule has 2 N–H and O–H groups in total. The van der Waals surface area contributed by atoms with Crippen LogP contribution in [0.25, 0.3) is 0 Å². The van der Waals surface area contributed by atoms with E-state index in [4.69, 9.17) is 0 Å². The van der Waals surface area contributed by atoms with Crippen LogP contribution < -0.4 is 5.32 Å². The molecule has 4 nitrogen and oxygen atoms in total. The largest absolute Gasteiger partial charge is 0.352 e. The molecule has 4 rings (SSSR count). The number of allylic oxidation sites excluding steroid dienone is 4. The second kappa shape index (κ2) is 7.09. The molecule has 162 valence electrons. The first-order chi connectivity index (χ1) is 13.5. The number of hydrogen-bond donors (Lipinski definition) is 2. The Bertz CT molecular complexity index is 794. The highest BCUT2D eigenvalue weighted by Crippen LogP contribution is 2.65. The van der Waals surface area contributed by atoms with Crippen molar-refractivity contribution in [2.24, 2.45) is 34.0 Å². The minimum Gasteiger partial charge on any atom is -0.352 e. The van der Waals surface area contributed by atoms with Crippen LogP contribution in [-0.2, 0) is 9.36 Å². The molecular formula is C24H38NO3P. The van der Waals surface area contributed by atoms with Gasteiger partial charge in [-0.3, -0.25) is 9.36 Å². The Morgan fingerprint density at radius 2 is 1.90 bits per heavy atom. The molecule has 4 aliphatic carbocycles. The lowest BCUT2D eigenvalue weighted by atomic mass is 9.48. The summed E-state index contributed by atoms with van der Waals surface area (Å²) in [5.74, 6) is 2.15. The van der Waals surface area contributed by atoms with Crippen molar-refractivity contribution in [3.63, 3.8) is 0 Å². The third-order valence-corrected chi connectivity index (χ3v) is 9.97. The van der Waals surface area contributed by atoms with Crippen molar-refractivity contribution >= 4 is 13.9 Å². The summed E-state index contributed by atoms with van der Waals surface area (Å²) in [6.45, 7) is 10.8. The minimum atomic E-state index is -2.56. The molecule has 2 fully saturated rings. The average molecular weight is 420 g/mol. The lowest BCUT2D eigenvalue weighted by molar-refractivity contribution is -0.130. The smallest absolute Gasteiger partial charge is 0.225 e. The maximum Gasteiger partial charge on any atom is 0.225 e. The second-order valence-corrected chi connectivity index (χ2v) is 12.8. The molecule has 0 radical (unpaired) electrons. The quantitative estimate of drug-likeness (QED) is 0.586. The van der Waals surface area contributed by atoms with Crippen molar-refractivity contribution in [3.05, 3.63) is 23.0 Å². The molecule has 0 aromatic carbocycles.